The first-order chi connectivity index (χ1) is 12.2. The number of para-hydroxylation sites is 1. The standard InChI is InChI=1S/C20H13F2N3/c21-13-5-6-17(22)16(11-13)20-12-19(24-14-7-9-23-10-8-14)15-3-1-2-4-18(15)25-20/h1-12H,(H,23,24,25). The van der Waals surface area contributed by atoms with E-state index < -0.39 is 11.6 Å². The first kappa shape index (κ1) is 15.2. The predicted octanol–water partition coefficient (Wildman–Crippen LogP) is 5.32. The van der Waals surface area contributed by atoms with Gasteiger partial charge in [-0.05, 0) is 42.5 Å². The van der Waals surface area contributed by atoms with E-state index in [1.54, 1.807) is 18.5 Å². The van der Waals surface area contributed by atoms with Gasteiger partial charge < -0.3 is 5.32 Å². The minimum Gasteiger partial charge on any atom is -0.355 e. The lowest BCUT2D eigenvalue weighted by molar-refractivity contribution is 0.602. The second-order valence-corrected chi connectivity index (χ2v) is 5.56. The Morgan fingerprint density at radius 2 is 1.64 bits per heavy atom. The monoisotopic (exact) mass is 333 g/mol. The van der Waals surface area contributed by atoms with Crippen LogP contribution in [0.2, 0.25) is 0 Å². The minimum absolute atomic E-state index is 0.128. The van der Waals surface area contributed by atoms with Gasteiger partial charge in [0.1, 0.15) is 11.6 Å². The highest BCUT2D eigenvalue weighted by atomic mass is 19.1. The molecule has 0 unspecified atom stereocenters. The highest BCUT2D eigenvalue weighted by molar-refractivity contribution is 5.95. The van der Waals surface area contributed by atoms with E-state index >= 15 is 0 Å². The second kappa shape index (κ2) is 6.28. The van der Waals surface area contributed by atoms with Crippen molar-refractivity contribution in [2.75, 3.05) is 5.32 Å². The van der Waals surface area contributed by atoms with Gasteiger partial charge in [-0.1, -0.05) is 18.2 Å². The quantitative estimate of drug-likeness (QED) is 0.551. The fraction of sp³-hybridized carbons (Fsp3) is 0. The molecule has 2 aromatic heterocycles. The fourth-order valence-electron chi connectivity index (χ4n) is 2.70. The highest BCUT2D eigenvalue weighted by Crippen LogP contribution is 2.31. The van der Waals surface area contributed by atoms with E-state index in [1.165, 1.54) is 0 Å². The van der Waals surface area contributed by atoms with E-state index in [1.807, 2.05) is 36.4 Å². The molecule has 5 heteroatoms. The SMILES string of the molecule is Fc1ccc(F)c(-c2cc(Nc3ccncc3)c3ccccc3n2)c1. The first-order valence-electron chi connectivity index (χ1n) is 7.73. The van der Waals surface area contributed by atoms with E-state index in [4.69, 9.17) is 0 Å². The van der Waals surface area contributed by atoms with E-state index in [0.717, 1.165) is 35.0 Å². The molecule has 0 bridgehead atoms. The molecule has 1 N–H and O–H groups in total. The second-order valence-electron chi connectivity index (χ2n) is 5.56. The number of nitrogens with zero attached hydrogens (tertiary/aromatic N) is 2. The van der Waals surface area contributed by atoms with Gasteiger partial charge in [0.15, 0.2) is 0 Å². The molecule has 0 amide bonds. The van der Waals surface area contributed by atoms with Crippen molar-refractivity contribution in [3.8, 4) is 11.3 Å². The Hall–Kier alpha value is -3.34. The molecular formula is C20H13F2N3. The summed E-state index contributed by atoms with van der Waals surface area (Å²) in [6, 6.07) is 16.3. The maximum Gasteiger partial charge on any atom is 0.132 e. The summed E-state index contributed by atoms with van der Waals surface area (Å²) in [4.78, 5) is 8.48. The summed E-state index contributed by atoms with van der Waals surface area (Å²) in [5.41, 5.74) is 2.79. The van der Waals surface area contributed by atoms with Crippen LogP contribution < -0.4 is 5.32 Å². The van der Waals surface area contributed by atoms with Crippen LogP contribution in [0.1, 0.15) is 0 Å². The molecule has 0 aliphatic heterocycles. The lowest BCUT2D eigenvalue weighted by Crippen LogP contribution is -1.96. The minimum atomic E-state index is -0.515. The summed E-state index contributed by atoms with van der Waals surface area (Å²) in [6.07, 6.45) is 3.36. The molecule has 0 aliphatic carbocycles. The highest BCUT2D eigenvalue weighted by Gasteiger charge is 2.12. The van der Waals surface area contributed by atoms with E-state index in [0.29, 0.717) is 11.2 Å². The van der Waals surface area contributed by atoms with Crippen molar-refractivity contribution in [1.82, 2.24) is 9.97 Å². The van der Waals surface area contributed by atoms with Gasteiger partial charge in [-0.25, -0.2) is 13.8 Å². The van der Waals surface area contributed by atoms with Gasteiger partial charge in [-0.15, -0.1) is 0 Å². The zero-order chi connectivity index (χ0) is 17.2. The molecule has 0 saturated heterocycles. The summed E-state index contributed by atoms with van der Waals surface area (Å²) >= 11 is 0. The van der Waals surface area contributed by atoms with Crippen LogP contribution >= 0.6 is 0 Å². The maximum absolute atomic E-state index is 14.2. The van der Waals surface area contributed by atoms with Gasteiger partial charge in [0.25, 0.3) is 0 Å². The smallest absolute Gasteiger partial charge is 0.132 e. The molecule has 0 radical (unpaired) electrons. The molecule has 2 aromatic carbocycles. The van der Waals surface area contributed by atoms with Crippen LogP contribution in [0, 0.1) is 11.6 Å². The maximum atomic E-state index is 14.2. The van der Waals surface area contributed by atoms with Crippen LogP contribution in [-0.4, -0.2) is 9.97 Å². The third kappa shape index (κ3) is 3.04. The van der Waals surface area contributed by atoms with Crippen LogP contribution in [0.4, 0.5) is 20.2 Å². The number of aromatic nitrogens is 2. The van der Waals surface area contributed by atoms with Crippen molar-refractivity contribution < 1.29 is 8.78 Å². The molecule has 4 aromatic rings. The van der Waals surface area contributed by atoms with Gasteiger partial charge in [-0.3, -0.25) is 4.98 Å². The average molecular weight is 333 g/mol. The Morgan fingerprint density at radius 1 is 0.840 bits per heavy atom. The summed E-state index contributed by atoms with van der Waals surface area (Å²) in [6.45, 7) is 0. The Kier molecular flexibility index (Phi) is 3.82. The molecule has 0 spiro atoms. The van der Waals surface area contributed by atoms with E-state index in [-0.39, 0.29) is 5.56 Å². The topological polar surface area (TPSA) is 37.8 Å². The molecule has 0 fully saturated rings. The number of rotatable bonds is 3. The predicted molar refractivity (Wildman–Crippen MR) is 94.6 cm³/mol. The van der Waals surface area contributed by atoms with Gasteiger partial charge >= 0.3 is 0 Å². The Bertz CT molecular complexity index is 1050. The van der Waals surface area contributed by atoms with Crippen molar-refractivity contribution in [2.24, 2.45) is 0 Å². The number of hydrogen-bond acceptors (Lipinski definition) is 3. The van der Waals surface area contributed by atoms with Crippen LogP contribution in [0.3, 0.4) is 0 Å². The summed E-state index contributed by atoms with van der Waals surface area (Å²) in [7, 11) is 0. The molecule has 2 heterocycles. The van der Waals surface area contributed by atoms with Gasteiger partial charge in [0.05, 0.1) is 16.9 Å². The van der Waals surface area contributed by atoms with E-state index in [2.05, 4.69) is 15.3 Å². The molecule has 4 rings (SSSR count). The van der Waals surface area contributed by atoms with Crippen LogP contribution in [0.25, 0.3) is 22.2 Å². The Labute approximate surface area is 143 Å². The van der Waals surface area contributed by atoms with Crippen molar-refractivity contribution in [2.45, 2.75) is 0 Å². The normalized spacial score (nSPS) is 10.8. The zero-order valence-electron chi connectivity index (χ0n) is 13.1. The molecule has 0 aliphatic rings. The first-order valence-corrected chi connectivity index (χ1v) is 7.73. The number of hydrogen-bond donors (Lipinski definition) is 1. The van der Waals surface area contributed by atoms with Gasteiger partial charge in [-0.2, -0.15) is 0 Å². The number of anilines is 2. The van der Waals surface area contributed by atoms with E-state index in [9.17, 15) is 8.78 Å². The zero-order valence-corrected chi connectivity index (χ0v) is 13.1. The van der Waals surface area contributed by atoms with Crippen LogP contribution in [-0.2, 0) is 0 Å². The van der Waals surface area contributed by atoms with Gasteiger partial charge in [0.2, 0.25) is 0 Å². The third-order valence-corrected chi connectivity index (χ3v) is 3.88. The number of nitrogens with one attached hydrogen (secondary N) is 1. The fourth-order valence-corrected chi connectivity index (χ4v) is 2.70. The van der Waals surface area contributed by atoms with Crippen LogP contribution in [0.15, 0.2) is 73.1 Å². The summed E-state index contributed by atoms with van der Waals surface area (Å²) in [5.74, 6) is -1.02. The van der Waals surface area contributed by atoms with Crippen LogP contribution in [0.5, 0.6) is 0 Å². The largest absolute Gasteiger partial charge is 0.355 e. The number of pyridine rings is 2. The number of benzene rings is 2. The molecule has 0 saturated carbocycles. The molecule has 3 nitrogen and oxygen atoms in total. The molecule has 25 heavy (non-hydrogen) atoms. The molecule has 122 valence electrons. The van der Waals surface area contributed by atoms with Crippen molar-refractivity contribution in [3.05, 3.63) is 84.7 Å². The number of fused-ring (bicyclic) bond motifs is 1. The Morgan fingerprint density at radius 3 is 2.48 bits per heavy atom. The summed E-state index contributed by atoms with van der Waals surface area (Å²) in [5, 5.41) is 4.18. The van der Waals surface area contributed by atoms with Crippen molar-refractivity contribution >= 4 is 22.3 Å². The lowest BCUT2D eigenvalue weighted by atomic mass is 10.1. The van der Waals surface area contributed by atoms with Gasteiger partial charge in [0, 0.05) is 29.0 Å². The third-order valence-electron chi connectivity index (χ3n) is 3.88. The van der Waals surface area contributed by atoms with Crippen molar-refractivity contribution in [3.63, 3.8) is 0 Å². The number of halogens is 2. The van der Waals surface area contributed by atoms with Crippen molar-refractivity contribution in [1.29, 1.82) is 0 Å². The Balaban J connectivity index is 1.91. The molecular weight excluding hydrogens is 320 g/mol. The summed E-state index contributed by atoms with van der Waals surface area (Å²) < 4.78 is 27.8. The lowest BCUT2D eigenvalue weighted by Gasteiger charge is -2.12. The molecule has 0 atom stereocenters. The average Bonchev–Trinajstić information content (AvgIpc) is 2.64.